The number of carbonyl (C=O) groups is 5. The summed E-state index contributed by atoms with van der Waals surface area (Å²) in [5.41, 5.74) is 2.53. The predicted octanol–water partition coefficient (Wildman–Crippen LogP) is 1.85. The van der Waals surface area contributed by atoms with E-state index in [1.807, 2.05) is 6.92 Å². The first kappa shape index (κ1) is 27.8. The number of rotatable bonds is 7. The predicted molar refractivity (Wildman–Crippen MR) is 118 cm³/mol. The Morgan fingerprint density at radius 2 is 1.20 bits per heavy atom. The Labute approximate surface area is 202 Å². The SMILES string of the molecule is CC(=O)OC[C@@H]1O[C@H](OC(=O)c2c(C)cc(C)cc2C)[C@H](OC(C)=O)[C@@H](OC(C)=O)[C@@H]1OC(C)=O. The minimum atomic E-state index is -1.58. The van der Waals surface area contributed by atoms with Crippen molar-refractivity contribution in [2.24, 2.45) is 0 Å². The number of hydrogen-bond acceptors (Lipinski definition) is 11. The molecule has 0 bridgehead atoms. The first-order chi connectivity index (χ1) is 16.3. The summed E-state index contributed by atoms with van der Waals surface area (Å²) < 4.78 is 32.3. The van der Waals surface area contributed by atoms with Crippen LogP contribution < -0.4 is 0 Å². The monoisotopic (exact) mass is 494 g/mol. The van der Waals surface area contributed by atoms with Gasteiger partial charge in [0.1, 0.15) is 12.7 Å². The maximum atomic E-state index is 13.1. The maximum Gasteiger partial charge on any atom is 0.341 e. The normalized spacial score (nSPS) is 23.6. The van der Waals surface area contributed by atoms with Gasteiger partial charge in [0.25, 0.3) is 0 Å². The molecule has 0 aromatic heterocycles. The van der Waals surface area contributed by atoms with E-state index in [2.05, 4.69) is 0 Å². The van der Waals surface area contributed by atoms with Crippen LogP contribution in [0.25, 0.3) is 0 Å². The van der Waals surface area contributed by atoms with Gasteiger partial charge in [-0.05, 0) is 31.9 Å². The lowest BCUT2D eigenvalue weighted by Crippen LogP contribution is -2.63. The summed E-state index contributed by atoms with van der Waals surface area (Å²) in [7, 11) is 0. The van der Waals surface area contributed by atoms with Crippen LogP contribution >= 0.6 is 0 Å². The summed E-state index contributed by atoms with van der Waals surface area (Å²) >= 11 is 0. The average Bonchev–Trinajstić information content (AvgIpc) is 2.69. The summed E-state index contributed by atoms with van der Waals surface area (Å²) in [5, 5.41) is 0. The quantitative estimate of drug-likeness (QED) is 0.405. The van der Waals surface area contributed by atoms with Crippen molar-refractivity contribution in [3.63, 3.8) is 0 Å². The topological polar surface area (TPSA) is 141 Å². The molecular weight excluding hydrogens is 464 g/mol. The third-order valence-electron chi connectivity index (χ3n) is 5.05. The summed E-state index contributed by atoms with van der Waals surface area (Å²) in [4.78, 5) is 60.1. The van der Waals surface area contributed by atoms with E-state index in [-0.39, 0.29) is 5.56 Å². The average molecular weight is 494 g/mol. The molecule has 1 aliphatic heterocycles. The smallest absolute Gasteiger partial charge is 0.341 e. The molecule has 0 unspecified atom stereocenters. The second kappa shape index (κ2) is 11.8. The fraction of sp³-hybridized carbons (Fsp3) is 0.542. The van der Waals surface area contributed by atoms with E-state index in [9.17, 15) is 24.0 Å². The highest BCUT2D eigenvalue weighted by atomic mass is 16.7. The highest BCUT2D eigenvalue weighted by Crippen LogP contribution is 2.31. The van der Waals surface area contributed by atoms with Crippen LogP contribution in [-0.2, 0) is 47.6 Å². The van der Waals surface area contributed by atoms with Crippen molar-refractivity contribution < 1.29 is 52.4 Å². The number of ether oxygens (including phenoxy) is 6. The third kappa shape index (κ3) is 7.51. The highest BCUT2D eigenvalue weighted by molar-refractivity contribution is 5.93. The van der Waals surface area contributed by atoms with Crippen LogP contribution in [0.5, 0.6) is 0 Å². The summed E-state index contributed by atoms with van der Waals surface area (Å²) in [5.74, 6) is -3.76. The largest absolute Gasteiger partial charge is 0.463 e. The van der Waals surface area contributed by atoms with E-state index < -0.39 is 67.2 Å². The second-order valence-electron chi connectivity index (χ2n) is 8.25. The van der Waals surface area contributed by atoms with Crippen LogP contribution in [0.15, 0.2) is 12.1 Å². The molecule has 0 spiro atoms. The molecule has 5 atom stereocenters. The molecule has 11 heteroatoms. The summed E-state index contributed by atoms with van der Waals surface area (Å²) in [6.45, 7) is 9.42. The molecule has 0 aliphatic carbocycles. The zero-order valence-corrected chi connectivity index (χ0v) is 20.7. The lowest BCUT2D eigenvalue weighted by Gasteiger charge is -2.43. The number of carbonyl (C=O) groups excluding carboxylic acids is 5. The Morgan fingerprint density at radius 1 is 0.714 bits per heavy atom. The van der Waals surface area contributed by atoms with Gasteiger partial charge in [-0.15, -0.1) is 0 Å². The van der Waals surface area contributed by atoms with E-state index in [1.165, 1.54) is 0 Å². The van der Waals surface area contributed by atoms with Crippen molar-refractivity contribution in [3.8, 4) is 0 Å². The van der Waals surface area contributed by atoms with Crippen molar-refractivity contribution >= 4 is 29.8 Å². The Balaban J connectivity index is 2.50. The van der Waals surface area contributed by atoms with Crippen molar-refractivity contribution in [2.45, 2.75) is 79.2 Å². The lowest BCUT2D eigenvalue weighted by atomic mass is 9.97. The van der Waals surface area contributed by atoms with Gasteiger partial charge in [0.05, 0.1) is 5.56 Å². The zero-order valence-electron chi connectivity index (χ0n) is 20.7. The molecule has 2 rings (SSSR count). The van der Waals surface area contributed by atoms with Gasteiger partial charge >= 0.3 is 29.8 Å². The maximum absolute atomic E-state index is 13.1. The molecule has 1 aromatic carbocycles. The van der Waals surface area contributed by atoms with Crippen molar-refractivity contribution in [1.29, 1.82) is 0 Å². The first-order valence-corrected chi connectivity index (χ1v) is 10.9. The number of esters is 5. The summed E-state index contributed by atoms with van der Waals surface area (Å²) in [6, 6.07) is 3.60. The minimum Gasteiger partial charge on any atom is -0.463 e. The Kier molecular flexibility index (Phi) is 9.35. The van der Waals surface area contributed by atoms with E-state index in [4.69, 9.17) is 28.4 Å². The van der Waals surface area contributed by atoms with E-state index >= 15 is 0 Å². The van der Waals surface area contributed by atoms with Gasteiger partial charge in [-0.1, -0.05) is 17.7 Å². The minimum absolute atomic E-state index is 0.281. The fourth-order valence-corrected chi connectivity index (χ4v) is 3.95. The van der Waals surface area contributed by atoms with Gasteiger partial charge in [0, 0.05) is 27.7 Å². The number of benzene rings is 1. The molecule has 0 saturated carbocycles. The van der Waals surface area contributed by atoms with Gasteiger partial charge in [-0.25, -0.2) is 4.79 Å². The van der Waals surface area contributed by atoms with Gasteiger partial charge in [0.2, 0.25) is 12.4 Å². The van der Waals surface area contributed by atoms with Gasteiger partial charge in [-0.2, -0.15) is 0 Å². The van der Waals surface area contributed by atoms with E-state index in [0.29, 0.717) is 11.1 Å². The Bertz CT molecular complexity index is 976. The molecular formula is C24H30O11. The Hall–Kier alpha value is -3.47. The zero-order chi connectivity index (χ0) is 26.4. The lowest BCUT2D eigenvalue weighted by molar-refractivity contribution is -0.294. The highest BCUT2D eigenvalue weighted by Gasteiger charge is 2.53. The van der Waals surface area contributed by atoms with Crippen molar-refractivity contribution in [2.75, 3.05) is 6.61 Å². The van der Waals surface area contributed by atoms with Crippen LogP contribution in [0, 0.1) is 20.8 Å². The van der Waals surface area contributed by atoms with Crippen molar-refractivity contribution in [3.05, 3.63) is 34.4 Å². The fourth-order valence-electron chi connectivity index (χ4n) is 3.95. The van der Waals surface area contributed by atoms with Gasteiger partial charge < -0.3 is 28.4 Å². The molecule has 1 aliphatic rings. The Morgan fingerprint density at radius 3 is 1.69 bits per heavy atom. The van der Waals surface area contributed by atoms with Crippen LogP contribution in [0.3, 0.4) is 0 Å². The molecule has 0 radical (unpaired) electrons. The van der Waals surface area contributed by atoms with Crippen LogP contribution in [0.4, 0.5) is 0 Å². The van der Waals surface area contributed by atoms with Crippen molar-refractivity contribution in [1.82, 2.24) is 0 Å². The molecule has 1 saturated heterocycles. The second-order valence-corrected chi connectivity index (χ2v) is 8.25. The third-order valence-corrected chi connectivity index (χ3v) is 5.05. The number of aryl methyl sites for hydroxylation is 3. The molecule has 11 nitrogen and oxygen atoms in total. The van der Waals surface area contributed by atoms with Crippen LogP contribution in [0.2, 0.25) is 0 Å². The summed E-state index contributed by atoms with van der Waals surface area (Å²) in [6.07, 6.45) is -7.03. The standard InChI is InChI=1S/C24H30O11/c1-11-8-12(2)19(13(3)9-11)23(29)35-24-22(33-17(7)28)21(32-16(6)27)20(31-15(5)26)18(34-24)10-30-14(4)25/h8-9,18,20-22,24H,10H2,1-7H3/t18-,20+,21-,22+,24+/m0/s1. The molecule has 0 amide bonds. The number of hydrogen-bond donors (Lipinski definition) is 0. The molecule has 192 valence electrons. The molecule has 35 heavy (non-hydrogen) atoms. The molecule has 1 fully saturated rings. The van der Waals surface area contributed by atoms with E-state index in [1.54, 1.807) is 26.0 Å². The van der Waals surface area contributed by atoms with Gasteiger partial charge in [-0.3, -0.25) is 19.2 Å². The van der Waals surface area contributed by atoms with E-state index in [0.717, 1.165) is 33.3 Å². The first-order valence-electron chi connectivity index (χ1n) is 10.9. The molecule has 0 N–H and O–H groups in total. The van der Waals surface area contributed by atoms with Gasteiger partial charge in [0.15, 0.2) is 12.2 Å². The van der Waals surface area contributed by atoms with Crippen LogP contribution in [-0.4, -0.2) is 67.2 Å². The molecule has 1 aromatic rings. The van der Waals surface area contributed by atoms with Crippen LogP contribution in [0.1, 0.15) is 54.7 Å². The molecule has 1 heterocycles.